The smallest absolute Gasteiger partial charge is 0.397 e. The maximum Gasteiger partial charge on any atom is 0.397 e. The van der Waals surface area contributed by atoms with Crippen molar-refractivity contribution in [2.45, 2.75) is 6.92 Å². The summed E-state index contributed by atoms with van der Waals surface area (Å²) < 4.78 is 4.46. The highest BCUT2D eigenvalue weighted by Gasteiger charge is 2.16. The number of rotatable bonds is 3. The van der Waals surface area contributed by atoms with E-state index in [0.29, 0.717) is 0 Å². The molecule has 0 bridgehead atoms. The number of esters is 1. The summed E-state index contributed by atoms with van der Waals surface area (Å²) in [6, 6.07) is 3.40. The highest BCUT2D eigenvalue weighted by Crippen LogP contribution is 2.21. The van der Waals surface area contributed by atoms with Crippen molar-refractivity contribution in [3.05, 3.63) is 23.8 Å². The fraction of sp³-hybridized carbons (Fsp3) is 0.182. The number of amides is 1. The molecule has 0 aliphatic rings. The number of carboxylic acids is 1. The first-order chi connectivity index (χ1) is 8.45. The van der Waals surface area contributed by atoms with Crippen LogP contribution >= 0.6 is 0 Å². The second-order valence-corrected chi connectivity index (χ2v) is 3.21. The lowest BCUT2D eigenvalue weighted by Gasteiger charge is -2.06. The minimum absolute atomic E-state index is 0.0577. The van der Waals surface area contributed by atoms with Crippen LogP contribution in [0.15, 0.2) is 18.2 Å². The molecular weight excluding hydrogens is 242 g/mol. The topological polar surface area (TPSA) is 113 Å². The average molecular weight is 253 g/mol. The van der Waals surface area contributed by atoms with E-state index >= 15 is 0 Å². The van der Waals surface area contributed by atoms with E-state index < -0.39 is 23.6 Å². The number of ether oxygens (including phenoxy) is 1. The molecule has 96 valence electrons. The van der Waals surface area contributed by atoms with Crippen LogP contribution in [0.5, 0.6) is 5.75 Å². The fourth-order valence-corrected chi connectivity index (χ4v) is 1.16. The van der Waals surface area contributed by atoms with Crippen LogP contribution in [0, 0.1) is 0 Å². The Morgan fingerprint density at radius 1 is 1.33 bits per heavy atom. The van der Waals surface area contributed by atoms with Crippen LogP contribution in [-0.2, 0) is 14.3 Å². The lowest BCUT2D eigenvalue weighted by molar-refractivity contribution is -0.152. The van der Waals surface area contributed by atoms with Gasteiger partial charge in [-0.15, -0.1) is 0 Å². The van der Waals surface area contributed by atoms with Crippen LogP contribution in [0.25, 0.3) is 0 Å². The van der Waals surface area contributed by atoms with Gasteiger partial charge in [-0.3, -0.25) is 4.79 Å². The number of hydrogen-bond donors (Lipinski definition) is 3. The molecule has 0 spiro atoms. The zero-order valence-corrected chi connectivity index (χ0v) is 9.47. The Kier molecular flexibility index (Phi) is 4.25. The van der Waals surface area contributed by atoms with Gasteiger partial charge in [-0.25, -0.2) is 9.59 Å². The van der Waals surface area contributed by atoms with E-state index in [-0.39, 0.29) is 17.9 Å². The summed E-state index contributed by atoms with van der Waals surface area (Å²) in [5, 5.41) is 20.2. The SMILES string of the molecule is CCOC(=O)C(=O)Nc1ccc(O)c(C(=O)O)c1. The molecule has 3 N–H and O–H groups in total. The van der Waals surface area contributed by atoms with Crippen LogP contribution in [-0.4, -0.2) is 34.7 Å². The lowest BCUT2D eigenvalue weighted by atomic mass is 10.2. The third-order valence-electron chi connectivity index (χ3n) is 1.95. The van der Waals surface area contributed by atoms with Crippen molar-refractivity contribution < 1.29 is 29.3 Å². The molecule has 7 nitrogen and oxygen atoms in total. The van der Waals surface area contributed by atoms with Gasteiger partial charge in [0.05, 0.1) is 6.61 Å². The summed E-state index contributed by atoms with van der Waals surface area (Å²) in [6.45, 7) is 1.61. The second kappa shape index (κ2) is 5.67. The summed E-state index contributed by atoms with van der Waals surface area (Å²) in [6.07, 6.45) is 0. The predicted molar refractivity (Wildman–Crippen MR) is 60.3 cm³/mol. The van der Waals surface area contributed by atoms with Gasteiger partial charge < -0.3 is 20.3 Å². The van der Waals surface area contributed by atoms with Crippen molar-refractivity contribution >= 4 is 23.5 Å². The van der Waals surface area contributed by atoms with Crippen molar-refractivity contribution in [3.63, 3.8) is 0 Å². The van der Waals surface area contributed by atoms with Crippen molar-refractivity contribution in [1.29, 1.82) is 0 Å². The molecule has 1 amide bonds. The molecular formula is C11H11NO6. The van der Waals surface area contributed by atoms with Gasteiger partial charge in [-0.2, -0.15) is 0 Å². The molecule has 0 aliphatic heterocycles. The molecule has 0 atom stereocenters. The minimum Gasteiger partial charge on any atom is -0.507 e. The molecule has 0 fully saturated rings. The van der Waals surface area contributed by atoms with Gasteiger partial charge in [0.15, 0.2) is 0 Å². The van der Waals surface area contributed by atoms with Gasteiger partial charge >= 0.3 is 17.8 Å². The molecule has 0 saturated heterocycles. The van der Waals surface area contributed by atoms with Crippen LogP contribution in [0.4, 0.5) is 5.69 Å². The molecule has 0 radical (unpaired) electrons. The van der Waals surface area contributed by atoms with Gasteiger partial charge in [-0.05, 0) is 25.1 Å². The lowest BCUT2D eigenvalue weighted by Crippen LogP contribution is -2.25. The Morgan fingerprint density at radius 2 is 2.00 bits per heavy atom. The van der Waals surface area contributed by atoms with Gasteiger partial charge in [0, 0.05) is 5.69 Å². The van der Waals surface area contributed by atoms with Crippen molar-refractivity contribution in [1.82, 2.24) is 0 Å². The minimum atomic E-state index is -1.35. The monoisotopic (exact) mass is 253 g/mol. The van der Waals surface area contributed by atoms with Crippen LogP contribution < -0.4 is 5.32 Å². The Hall–Kier alpha value is -2.57. The summed E-state index contributed by atoms with van der Waals surface area (Å²) in [5.74, 6) is -3.86. The first-order valence-electron chi connectivity index (χ1n) is 5.00. The number of anilines is 1. The molecule has 1 aromatic rings. The highest BCUT2D eigenvalue weighted by molar-refractivity contribution is 6.37. The quantitative estimate of drug-likeness (QED) is 0.413. The molecule has 1 rings (SSSR count). The van der Waals surface area contributed by atoms with E-state index in [0.717, 1.165) is 12.1 Å². The largest absolute Gasteiger partial charge is 0.507 e. The first-order valence-corrected chi connectivity index (χ1v) is 5.00. The molecule has 0 aromatic heterocycles. The Labute approximate surface area is 102 Å². The highest BCUT2D eigenvalue weighted by atomic mass is 16.5. The normalized spacial score (nSPS) is 9.61. The number of carboxylic acid groups (broad SMARTS) is 1. The van der Waals surface area contributed by atoms with E-state index in [1.165, 1.54) is 6.07 Å². The number of aromatic hydroxyl groups is 1. The van der Waals surface area contributed by atoms with Crippen LogP contribution in [0.3, 0.4) is 0 Å². The fourth-order valence-electron chi connectivity index (χ4n) is 1.16. The molecule has 0 saturated carbocycles. The zero-order valence-electron chi connectivity index (χ0n) is 9.47. The second-order valence-electron chi connectivity index (χ2n) is 3.21. The molecule has 1 aromatic carbocycles. The molecule has 7 heteroatoms. The molecule has 0 unspecified atom stereocenters. The number of nitrogens with one attached hydrogen (secondary N) is 1. The maximum atomic E-state index is 11.3. The van der Waals surface area contributed by atoms with E-state index in [2.05, 4.69) is 10.1 Å². The number of aromatic carboxylic acids is 1. The van der Waals surface area contributed by atoms with Crippen molar-refractivity contribution in [3.8, 4) is 5.75 Å². The number of phenols is 1. The van der Waals surface area contributed by atoms with Gasteiger partial charge in [0.1, 0.15) is 11.3 Å². The van der Waals surface area contributed by atoms with Gasteiger partial charge in [0.2, 0.25) is 0 Å². The Balaban J connectivity index is 2.86. The third kappa shape index (κ3) is 3.21. The standard InChI is InChI=1S/C11H11NO6/c1-2-18-11(17)9(14)12-6-3-4-8(13)7(5-6)10(15)16/h3-5,13H,2H2,1H3,(H,12,14)(H,15,16). The number of carbonyl (C=O) groups excluding carboxylic acids is 2. The Bertz CT molecular complexity index is 496. The van der Waals surface area contributed by atoms with E-state index in [9.17, 15) is 19.5 Å². The zero-order chi connectivity index (χ0) is 13.7. The first kappa shape index (κ1) is 13.5. The van der Waals surface area contributed by atoms with E-state index in [1.807, 2.05) is 0 Å². The number of benzene rings is 1. The van der Waals surface area contributed by atoms with E-state index in [1.54, 1.807) is 6.92 Å². The third-order valence-corrected chi connectivity index (χ3v) is 1.95. The summed E-state index contributed by atoms with van der Waals surface area (Å²) in [4.78, 5) is 33.0. The van der Waals surface area contributed by atoms with Gasteiger partial charge in [0.25, 0.3) is 0 Å². The van der Waals surface area contributed by atoms with Crippen molar-refractivity contribution in [2.24, 2.45) is 0 Å². The summed E-state index contributed by atoms with van der Waals surface area (Å²) in [7, 11) is 0. The van der Waals surface area contributed by atoms with E-state index in [4.69, 9.17) is 5.11 Å². The summed E-state index contributed by atoms with van der Waals surface area (Å²) in [5.41, 5.74) is -0.306. The molecule has 18 heavy (non-hydrogen) atoms. The maximum absolute atomic E-state index is 11.3. The number of carbonyl (C=O) groups is 3. The van der Waals surface area contributed by atoms with Crippen LogP contribution in [0.2, 0.25) is 0 Å². The predicted octanol–water partition coefficient (Wildman–Crippen LogP) is 0.592. The van der Waals surface area contributed by atoms with Crippen LogP contribution in [0.1, 0.15) is 17.3 Å². The number of hydrogen-bond acceptors (Lipinski definition) is 5. The molecule has 0 heterocycles. The Morgan fingerprint density at radius 3 is 2.56 bits per heavy atom. The molecule has 0 aliphatic carbocycles. The van der Waals surface area contributed by atoms with Crippen molar-refractivity contribution in [2.75, 3.05) is 11.9 Å². The summed E-state index contributed by atoms with van der Waals surface area (Å²) >= 11 is 0. The van der Waals surface area contributed by atoms with Gasteiger partial charge in [-0.1, -0.05) is 0 Å². The average Bonchev–Trinajstić information content (AvgIpc) is 2.31.